The maximum absolute atomic E-state index is 12.0. The Bertz CT molecular complexity index is 590. The molecule has 0 aliphatic rings. The van der Waals surface area contributed by atoms with Crippen molar-refractivity contribution >= 4 is 6.08 Å². The molecule has 0 unspecified atom stereocenters. The van der Waals surface area contributed by atoms with Crippen molar-refractivity contribution in [2.75, 3.05) is 0 Å². The molecule has 2 aromatic rings. The average molecular weight is 214 g/mol. The van der Waals surface area contributed by atoms with Gasteiger partial charge in [-0.1, -0.05) is 24.8 Å². The number of aromatic amines is 1. The van der Waals surface area contributed by atoms with E-state index < -0.39 is 0 Å². The topological polar surface area (TPSA) is 37.8 Å². The third kappa shape index (κ3) is 1.60. The first-order chi connectivity index (χ1) is 7.63. The van der Waals surface area contributed by atoms with Crippen LogP contribution in [0.3, 0.4) is 0 Å². The molecule has 0 atom stereocenters. The Labute approximate surface area is 94.0 Å². The molecule has 0 aliphatic carbocycles. The highest BCUT2D eigenvalue weighted by Crippen LogP contribution is 2.09. The molecule has 0 spiro atoms. The van der Waals surface area contributed by atoms with Crippen LogP contribution in [0.1, 0.15) is 16.8 Å². The number of hydrogen-bond acceptors (Lipinski definition) is 1. The summed E-state index contributed by atoms with van der Waals surface area (Å²) in [5.74, 6) is 0. The van der Waals surface area contributed by atoms with E-state index in [-0.39, 0.29) is 5.56 Å². The molecule has 0 bridgehead atoms. The van der Waals surface area contributed by atoms with E-state index in [9.17, 15) is 4.79 Å². The zero-order chi connectivity index (χ0) is 11.7. The van der Waals surface area contributed by atoms with Crippen LogP contribution in [0.15, 0.2) is 35.6 Å². The van der Waals surface area contributed by atoms with E-state index >= 15 is 0 Å². The van der Waals surface area contributed by atoms with Crippen LogP contribution < -0.4 is 5.56 Å². The van der Waals surface area contributed by atoms with E-state index in [1.54, 1.807) is 10.8 Å². The molecule has 3 nitrogen and oxygen atoms in total. The minimum atomic E-state index is -0.0573. The average Bonchev–Trinajstić information content (AvgIpc) is 2.54. The van der Waals surface area contributed by atoms with Crippen molar-refractivity contribution in [3.8, 4) is 5.69 Å². The van der Waals surface area contributed by atoms with E-state index in [1.165, 1.54) is 0 Å². The number of H-pyrrole nitrogens is 1. The van der Waals surface area contributed by atoms with Gasteiger partial charge in [-0.2, -0.15) is 0 Å². The molecule has 16 heavy (non-hydrogen) atoms. The lowest BCUT2D eigenvalue weighted by Gasteiger charge is -2.02. The molecule has 82 valence electrons. The fourth-order valence-corrected chi connectivity index (χ4v) is 1.75. The van der Waals surface area contributed by atoms with Crippen LogP contribution in [0, 0.1) is 13.8 Å². The molecule has 1 heterocycles. The number of rotatable bonds is 2. The molecule has 0 fully saturated rings. The van der Waals surface area contributed by atoms with Gasteiger partial charge in [0, 0.05) is 5.69 Å². The van der Waals surface area contributed by atoms with E-state index in [2.05, 4.69) is 11.7 Å². The number of nitrogens with one attached hydrogen (secondary N) is 1. The second kappa shape index (κ2) is 3.85. The first kappa shape index (κ1) is 10.5. The van der Waals surface area contributed by atoms with Crippen molar-refractivity contribution < 1.29 is 0 Å². The molecule has 0 saturated heterocycles. The lowest BCUT2D eigenvalue weighted by atomic mass is 10.2. The van der Waals surface area contributed by atoms with Gasteiger partial charge in [0.2, 0.25) is 0 Å². The largest absolute Gasteiger partial charge is 0.295 e. The van der Waals surface area contributed by atoms with Gasteiger partial charge >= 0.3 is 0 Å². The normalized spacial score (nSPS) is 10.4. The quantitative estimate of drug-likeness (QED) is 0.819. The first-order valence-corrected chi connectivity index (χ1v) is 5.14. The van der Waals surface area contributed by atoms with Gasteiger partial charge in [0.1, 0.15) is 0 Å². The lowest BCUT2D eigenvalue weighted by molar-refractivity contribution is 0.834. The molecule has 1 aromatic carbocycles. The summed E-state index contributed by atoms with van der Waals surface area (Å²) in [4.78, 5) is 12.0. The summed E-state index contributed by atoms with van der Waals surface area (Å²) in [5.41, 5.74) is 3.37. The minimum Gasteiger partial charge on any atom is -0.295 e. The van der Waals surface area contributed by atoms with Gasteiger partial charge in [-0.3, -0.25) is 9.89 Å². The fourth-order valence-electron chi connectivity index (χ4n) is 1.75. The minimum absolute atomic E-state index is 0.0573. The van der Waals surface area contributed by atoms with Crippen molar-refractivity contribution in [3.63, 3.8) is 0 Å². The van der Waals surface area contributed by atoms with Gasteiger partial charge in [0.25, 0.3) is 5.56 Å². The first-order valence-electron chi connectivity index (χ1n) is 5.14. The van der Waals surface area contributed by atoms with Crippen molar-refractivity contribution in [2.24, 2.45) is 0 Å². The highest BCUT2D eigenvalue weighted by molar-refractivity contribution is 5.49. The summed E-state index contributed by atoms with van der Waals surface area (Å²) in [7, 11) is 0. The maximum atomic E-state index is 12.0. The van der Waals surface area contributed by atoms with Gasteiger partial charge in [-0.05, 0) is 31.5 Å². The number of nitrogens with zero attached hydrogens (tertiary/aromatic N) is 1. The van der Waals surface area contributed by atoms with Gasteiger partial charge in [0.15, 0.2) is 0 Å². The van der Waals surface area contributed by atoms with Crippen LogP contribution in [-0.2, 0) is 0 Å². The molecule has 3 heteroatoms. The third-order valence-electron chi connectivity index (χ3n) is 2.58. The van der Waals surface area contributed by atoms with Crippen LogP contribution in [0.4, 0.5) is 0 Å². The summed E-state index contributed by atoms with van der Waals surface area (Å²) < 4.78 is 1.54. The molecule has 0 aliphatic heterocycles. The monoisotopic (exact) mass is 214 g/mol. The van der Waals surface area contributed by atoms with Crippen LogP contribution in [0.25, 0.3) is 11.8 Å². The smallest absolute Gasteiger partial charge is 0.278 e. The summed E-state index contributed by atoms with van der Waals surface area (Å²) in [6.07, 6.45) is 1.58. The standard InChI is InChI=1S/C13H14N2O/c1-4-12-10(3)14-15(13(12)16)11-7-5-6-9(2)8-11/h4-8,14H,1H2,2-3H3. The molecular weight excluding hydrogens is 200 g/mol. The van der Waals surface area contributed by atoms with Crippen molar-refractivity contribution in [2.45, 2.75) is 13.8 Å². The Morgan fingerprint density at radius 1 is 1.38 bits per heavy atom. The van der Waals surface area contributed by atoms with E-state index in [1.807, 2.05) is 38.1 Å². The molecule has 0 amide bonds. The molecular formula is C13H14N2O. The van der Waals surface area contributed by atoms with Crippen LogP contribution in [0.5, 0.6) is 0 Å². The van der Waals surface area contributed by atoms with Crippen LogP contribution >= 0.6 is 0 Å². The summed E-state index contributed by atoms with van der Waals surface area (Å²) in [6, 6.07) is 7.79. The number of benzene rings is 1. The summed E-state index contributed by atoms with van der Waals surface area (Å²) in [6.45, 7) is 7.51. The molecule has 1 N–H and O–H groups in total. The van der Waals surface area contributed by atoms with E-state index in [4.69, 9.17) is 0 Å². The van der Waals surface area contributed by atoms with Crippen LogP contribution in [0.2, 0.25) is 0 Å². The summed E-state index contributed by atoms with van der Waals surface area (Å²) >= 11 is 0. The molecule has 1 aromatic heterocycles. The van der Waals surface area contributed by atoms with Crippen molar-refractivity contribution in [1.82, 2.24) is 9.78 Å². The zero-order valence-corrected chi connectivity index (χ0v) is 9.45. The zero-order valence-electron chi connectivity index (χ0n) is 9.45. The Morgan fingerprint density at radius 2 is 2.12 bits per heavy atom. The number of aryl methyl sites for hydroxylation is 2. The predicted octanol–water partition coefficient (Wildman–Crippen LogP) is 2.43. The van der Waals surface area contributed by atoms with Gasteiger partial charge in [-0.25, -0.2) is 4.68 Å². The maximum Gasteiger partial charge on any atom is 0.278 e. The number of aromatic nitrogens is 2. The second-order valence-electron chi connectivity index (χ2n) is 3.83. The van der Waals surface area contributed by atoms with Crippen molar-refractivity contribution in [3.05, 3.63) is 58.0 Å². The Hall–Kier alpha value is -2.03. The lowest BCUT2D eigenvalue weighted by Crippen LogP contribution is -2.15. The van der Waals surface area contributed by atoms with Gasteiger partial charge in [-0.15, -0.1) is 0 Å². The highest BCUT2D eigenvalue weighted by atomic mass is 16.1. The molecule has 2 rings (SSSR count). The SMILES string of the molecule is C=Cc1c(C)[nH]n(-c2cccc(C)c2)c1=O. The Morgan fingerprint density at radius 3 is 2.69 bits per heavy atom. The molecule has 0 radical (unpaired) electrons. The number of hydrogen-bond donors (Lipinski definition) is 1. The fraction of sp³-hybridized carbons (Fsp3) is 0.154. The highest BCUT2D eigenvalue weighted by Gasteiger charge is 2.08. The molecule has 0 saturated carbocycles. The second-order valence-corrected chi connectivity index (χ2v) is 3.83. The van der Waals surface area contributed by atoms with E-state index in [0.29, 0.717) is 5.56 Å². The van der Waals surface area contributed by atoms with Gasteiger partial charge < -0.3 is 0 Å². The van der Waals surface area contributed by atoms with Crippen molar-refractivity contribution in [1.29, 1.82) is 0 Å². The predicted molar refractivity (Wildman–Crippen MR) is 66.0 cm³/mol. The Kier molecular flexibility index (Phi) is 2.52. The van der Waals surface area contributed by atoms with Crippen LogP contribution in [-0.4, -0.2) is 9.78 Å². The summed E-state index contributed by atoms with van der Waals surface area (Å²) in [5, 5.41) is 3.04. The Balaban J connectivity index is 2.66. The third-order valence-corrected chi connectivity index (χ3v) is 2.58. The van der Waals surface area contributed by atoms with E-state index in [0.717, 1.165) is 16.9 Å². The van der Waals surface area contributed by atoms with Gasteiger partial charge in [0.05, 0.1) is 11.3 Å².